The van der Waals surface area contributed by atoms with E-state index in [9.17, 15) is 13.2 Å². The minimum absolute atomic E-state index is 0.288. The number of nitrogens with one attached hydrogen (secondary N) is 3. The van der Waals surface area contributed by atoms with Crippen molar-refractivity contribution in [2.24, 2.45) is 0 Å². The standard InChI is InChI=1S/C16H15F3N6/c17-16(18,19)10-1-2-13(21-7-10)25-14-5-11-12(8-22-14)24-15(23-11)9-3-4-20-6-9/h1-2,5,7-9,20H,3-4,6H2,(H,23,24)(H,21,22,25). The van der Waals surface area contributed by atoms with Gasteiger partial charge in [0.1, 0.15) is 17.5 Å². The van der Waals surface area contributed by atoms with Crippen LogP contribution in [0.25, 0.3) is 11.0 Å². The van der Waals surface area contributed by atoms with E-state index in [1.807, 2.05) is 0 Å². The second-order valence-electron chi connectivity index (χ2n) is 5.95. The zero-order valence-corrected chi connectivity index (χ0v) is 13.1. The predicted octanol–water partition coefficient (Wildman–Crippen LogP) is 3.19. The molecule has 9 heteroatoms. The molecule has 0 amide bonds. The van der Waals surface area contributed by atoms with E-state index < -0.39 is 11.7 Å². The number of H-pyrrole nitrogens is 1. The van der Waals surface area contributed by atoms with E-state index in [4.69, 9.17) is 0 Å². The highest BCUT2D eigenvalue weighted by Crippen LogP contribution is 2.29. The maximum atomic E-state index is 12.6. The Morgan fingerprint density at radius 1 is 1.12 bits per heavy atom. The van der Waals surface area contributed by atoms with Gasteiger partial charge in [-0.3, -0.25) is 0 Å². The lowest BCUT2D eigenvalue weighted by molar-refractivity contribution is -0.137. The Hall–Kier alpha value is -2.68. The number of fused-ring (bicyclic) bond motifs is 1. The summed E-state index contributed by atoms with van der Waals surface area (Å²) in [7, 11) is 0. The molecule has 6 nitrogen and oxygen atoms in total. The third-order valence-corrected chi connectivity index (χ3v) is 4.18. The number of aromatic amines is 1. The summed E-state index contributed by atoms with van der Waals surface area (Å²) in [6.45, 7) is 1.88. The SMILES string of the molecule is FC(F)(F)c1ccc(Nc2cc3nc(C4CCNC4)[nH]c3cn2)nc1. The molecule has 0 saturated carbocycles. The average molecular weight is 348 g/mol. The Morgan fingerprint density at radius 2 is 1.96 bits per heavy atom. The molecule has 3 aromatic rings. The van der Waals surface area contributed by atoms with Crippen LogP contribution in [0, 0.1) is 0 Å². The third-order valence-electron chi connectivity index (χ3n) is 4.18. The van der Waals surface area contributed by atoms with E-state index in [0.29, 0.717) is 11.7 Å². The average Bonchev–Trinajstić information content (AvgIpc) is 3.23. The number of hydrogen-bond donors (Lipinski definition) is 3. The molecular formula is C16H15F3N6. The van der Waals surface area contributed by atoms with Gasteiger partial charge in [-0.1, -0.05) is 0 Å². The number of halogens is 3. The van der Waals surface area contributed by atoms with Gasteiger partial charge in [-0.2, -0.15) is 13.2 Å². The van der Waals surface area contributed by atoms with Crippen LogP contribution >= 0.6 is 0 Å². The summed E-state index contributed by atoms with van der Waals surface area (Å²) in [4.78, 5) is 15.9. The van der Waals surface area contributed by atoms with Gasteiger partial charge in [0.05, 0.1) is 22.8 Å². The molecule has 3 N–H and O–H groups in total. The predicted molar refractivity (Wildman–Crippen MR) is 86.6 cm³/mol. The number of rotatable bonds is 3. The number of pyridine rings is 2. The van der Waals surface area contributed by atoms with Gasteiger partial charge in [0.15, 0.2) is 0 Å². The Labute approximate surface area is 140 Å². The molecule has 130 valence electrons. The van der Waals surface area contributed by atoms with E-state index in [2.05, 4.69) is 30.6 Å². The number of anilines is 2. The Kier molecular flexibility index (Phi) is 3.79. The van der Waals surface area contributed by atoms with Crippen LogP contribution in [-0.4, -0.2) is 33.0 Å². The molecule has 0 spiro atoms. The number of hydrogen-bond acceptors (Lipinski definition) is 5. The van der Waals surface area contributed by atoms with E-state index in [0.717, 1.165) is 48.6 Å². The normalized spacial score (nSPS) is 18.0. The fourth-order valence-electron chi connectivity index (χ4n) is 2.85. The summed E-state index contributed by atoms with van der Waals surface area (Å²) in [5.74, 6) is 2.05. The molecule has 4 rings (SSSR count). The second-order valence-corrected chi connectivity index (χ2v) is 5.95. The lowest BCUT2D eigenvalue weighted by Gasteiger charge is -2.08. The van der Waals surface area contributed by atoms with Crippen molar-refractivity contribution in [1.82, 2.24) is 25.3 Å². The van der Waals surface area contributed by atoms with Gasteiger partial charge in [0.2, 0.25) is 0 Å². The first kappa shape index (κ1) is 15.8. The Balaban J connectivity index is 1.55. The minimum Gasteiger partial charge on any atom is -0.340 e. The lowest BCUT2D eigenvalue weighted by Crippen LogP contribution is -2.08. The lowest BCUT2D eigenvalue weighted by atomic mass is 10.1. The van der Waals surface area contributed by atoms with Crippen LogP contribution in [0.15, 0.2) is 30.6 Å². The van der Waals surface area contributed by atoms with E-state index in [1.54, 1.807) is 12.3 Å². The first-order valence-electron chi connectivity index (χ1n) is 7.86. The highest BCUT2D eigenvalue weighted by molar-refractivity contribution is 5.78. The summed E-state index contributed by atoms with van der Waals surface area (Å²) >= 11 is 0. The molecule has 1 saturated heterocycles. The van der Waals surface area contributed by atoms with Gasteiger partial charge in [-0.25, -0.2) is 15.0 Å². The summed E-state index contributed by atoms with van der Waals surface area (Å²) in [5, 5.41) is 6.20. The van der Waals surface area contributed by atoms with Crippen LogP contribution in [0.4, 0.5) is 24.8 Å². The first-order chi connectivity index (χ1) is 12.0. The van der Waals surface area contributed by atoms with Crippen molar-refractivity contribution >= 4 is 22.7 Å². The van der Waals surface area contributed by atoms with Crippen molar-refractivity contribution in [1.29, 1.82) is 0 Å². The molecule has 1 aliphatic heterocycles. The van der Waals surface area contributed by atoms with Crippen molar-refractivity contribution in [2.75, 3.05) is 18.4 Å². The largest absolute Gasteiger partial charge is 0.417 e. The molecule has 3 aromatic heterocycles. The zero-order valence-electron chi connectivity index (χ0n) is 13.1. The zero-order chi connectivity index (χ0) is 17.4. The molecule has 0 radical (unpaired) electrons. The molecule has 0 aliphatic carbocycles. The van der Waals surface area contributed by atoms with Gasteiger partial charge in [0, 0.05) is 24.7 Å². The maximum absolute atomic E-state index is 12.6. The number of aromatic nitrogens is 4. The number of imidazole rings is 1. The Bertz CT molecular complexity index is 881. The van der Waals surface area contributed by atoms with Crippen LogP contribution in [-0.2, 0) is 6.18 Å². The summed E-state index contributed by atoms with van der Waals surface area (Å²) < 4.78 is 37.7. The topological polar surface area (TPSA) is 78.5 Å². The van der Waals surface area contributed by atoms with Gasteiger partial charge in [-0.15, -0.1) is 0 Å². The maximum Gasteiger partial charge on any atom is 0.417 e. The van der Waals surface area contributed by atoms with Crippen LogP contribution < -0.4 is 10.6 Å². The van der Waals surface area contributed by atoms with Gasteiger partial charge < -0.3 is 15.6 Å². The highest BCUT2D eigenvalue weighted by Gasteiger charge is 2.30. The highest BCUT2D eigenvalue weighted by atomic mass is 19.4. The molecule has 0 aromatic carbocycles. The fourth-order valence-corrected chi connectivity index (χ4v) is 2.85. The van der Waals surface area contributed by atoms with E-state index in [-0.39, 0.29) is 5.82 Å². The van der Waals surface area contributed by atoms with Crippen molar-refractivity contribution in [2.45, 2.75) is 18.5 Å². The molecule has 25 heavy (non-hydrogen) atoms. The van der Waals surface area contributed by atoms with Crippen molar-refractivity contribution in [3.63, 3.8) is 0 Å². The smallest absolute Gasteiger partial charge is 0.340 e. The second kappa shape index (κ2) is 5.99. The van der Waals surface area contributed by atoms with Crippen molar-refractivity contribution < 1.29 is 13.2 Å². The summed E-state index contributed by atoms with van der Waals surface area (Å²) in [6.07, 6.45) is -0.918. The van der Waals surface area contributed by atoms with Crippen molar-refractivity contribution in [3.05, 3.63) is 42.0 Å². The molecule has 4 heterocycles. The molecule has 1 fully saturated rings. The summed E-state index contributed by atoms with van der Waals surface area (Å²) in [6, 6.07) is 4.00. The Morgan fingerprint density at radius 3 is 2.64 bits per heavy atom. The van der Waals surface area contributed by atoms with Crippen LogP contribution in [0.1, 0.15) is 23.7 Å². The van der Waals surface area contributed by atoms with E-state index in [1.165, 1.54) is 6.07 Å². The molecular weight excluding hydrogens is 333 g/mol. The number of alkyl halides is 3. The minimum atomic E-state index is -4.40. The molecule has 1 unspecified atom stereocenters. The quantitative estimate of drug-likeness (QED) is 0.677. The number of nitrogens with zero attached hydrogens (tertiary/aromatic N) is 3. The van der Waals surface area contributed by atoms with Crippen LogP contribution in [0.3, 0.4) is 0 Å². The molecule has 0 bridgehead atoms. The first-order valence-corrected chi connectivity index (χ1v) is 7.86. The summed E-state index contributed by atoms with van der Waals surface area (Å²) in [5.41, 5.74) is 0.794. The van der Waals surface area contributed by atoms with Gasteiger partial charge >= 0.3 is 6.18 Å². The van der Waals surface area contributed by atoms with Gasteiger partial charge in [-0.05, 0) is 25.1 Å². The van der Waals surface area contributed by atoms with E-state index >= 15 is 0 Å². The molecule has 1 atom stereocenters. The van der Waals surface area contributed by atoms with Crippen LogP contribution in [0.2, 0.25) is 0 Å². The van der Waals surface area contributed by atoms with Crippen molar-refractivity contribution in [3.8, 4) is 0 Å². The third kappa shape index (κ3) is 3.27. The fraction of sp³-hybridized carbons (Fsp3) is 0.312. The molecule has 1 aliphatic rings. The monoisotopic (exact) mass is 348 g/mol. The van der Waals surface area contributed by atoms with Gasteiger partial charge in [0.25, 0.3) is 0 Å². The van der Waals surface area contributed by atoms with Crippen LogP contribution in [0.5, 0.6) is 0 Å².